The number of hydrogen-bond donors (Lipinski definition) is 0. The van der Waals surface area contributed by atoms with E-state index in [9.17, 15) is 4.79 Å². The van der Waals surface area contributed by atoms with E-state index in [2.05, 4.69) is 13.8 Å². The predicted octanol–water partition coefficient (Wildman–Crippen LogP) is 3.05. The number of carbonyl (C=O) groups excluding carboxylic acids is 1. The molecule has 0 aliphatic carbocycles. The third kappa shape index (κ3) is 2.56. The molecule has 0 spiro atoms. The van der Waals surface area contributed by atoms with Crippen LogP contribution in [-0.4, -0.2) is 12.6 Å². The number of esters is 1. The molecule has 1 aromatic heterocycles. The molecule has 0 saturated carbocycles. The van der Waals surface area contributed by atoms with Crippen molar-refractivity contribution < 1.29 is 9.53 Å². The fourth-order valence-corrected chi connectivity index (χ4v) is 1.93. The first-order chi connectivity index (χ1) is 6.15. The minimum Gasteiger partial charge on any atom is -0.462 e. The average molecular weight is 198 g/mol. The fraction of sp³-hybridized carbons (Fsp3) is 0.500. The molecule has 0 unspecified atom stereocenters. The van der Waals surface area contributed by atoms with Crippen LogP contribution in [0.3, 0.4) is 0 Å². The Bertz CT molecular complexity index is 289. The van der Waals surface area contributed by atoms with Gasteiger partial charge in [0.15, 0.2) is 0 Å². The lowest BCUT2D eigenvalue weighted by Crippen LogP contribution is -2.01. The minimum atomic E-state index is -0.209. The molecule has 72 valence electrons. The maximum absolute atomic E-state index is 11.3. The molecule has 0 N–H and O–H groups in total. The Morgan fingerprint density at radius 2 is 2.31 bits per heavy atom. The summed E-state index contributed by atoms with van der Waals surface area (Å²) in [5.41, 5.74) is 1.20. The predicted molar refractivity (Wildman–Crippen MR) is 54.4 cm³/mol. The summed E-state index contributed by atoms with van der Waals surface area (Å²) in [6, 6.07) is 1.91. The molecular weight excluding hydrogens is 184 g/mol. The van der Waals surface area contributed by atoms with Gasteiger partial charge < -0.3 is 4.74 Å². The first-order valence-electron chi connectivity index (χ1n) is 4.40. The highest BCUT2D eigenvalue weighted by Crippen LogP contribution is 2.22. The van der Waals surface area contributed by atoms with Crippen LogP contribution in [0.2, 0.25) is 0 Å². The summed E-state index contributed by atoms with van der Waals surface area (Å²) in [7, 11) is 0. The third-order valence-corrected chi connectivity index (χ3v) is 2.69. The minimum absolute atomic E-state index is 0.209. The quantitative estimate of drug-likeness (QED) is 0.698. The van der Waals surface area contributed by atoms with Gasteiger partial charge in [-0.2, -0.15) is 0 Å². The molecule has 2 nitrogen and oxygen atoms in total. The van der Waals surface area contributed by atoms with Crippen LogP contribution in [0.5, 0.6) is 0 Å². The number of thiophene rings is 1. The number of carbonyl (C=O) groups is 1. The second kappa shape index (κ2) is 4.42. The van der Waals surface area contributed by atoms with Crippen molar-refractivity contribution in [3.05, 3.63) is 21.9 Å². The van der Waals surface area contributed by atoms with E-state index in [1.807, 2.05) is 18.4 Å². The molecule has 1 rings (SSSR count). The third-order valence-electron chi connectivity index (χ3n) is 1.76. The van der Waals surface area contributed by atoms with Gasteiger partial charge in [-0.3, -0.25) is 0 Å². The van der Waals surface area contributed by atoms with Crippen LogP contribution >= 0.6 is 11.3 Å². The lowest BCUT2D eigenvalue weighted by Gasteiger charge is -1.98. The summed E-state index contributed by atoms with van der Waals surface area (Å²) >= 11 is 1.45. The molecule has 0 fully saturated rings. The summed E-state index contributed by atoms with van der Waals surface area (Å²) in [6.45, 7) is 6.47. The van der Waals surface area contributed by atoms with Gasteiger partial charge in [-0.05, 0) is 29.9 Å². The Kier molecular flexibility index (Phi) is 3.48. The van der Waals surface area contributed by atoms with Gasteiger partial charge in [-0.25, -0.2) is 4.79 Å². The van der Waals surface area contributed by atoms with Gasteiger partial charge >= 0.3 is 5.97 Å². The highest BCUT2D eigenvalue weighted by molar-refractivity contribution is 7.12. The van der Waals surface area contributed by atoms with E-state index < -0.39 is 0 Å². The normalized spacial score (nSPS) is 10.5. The SMILES string of the molecule is CCOC(=O)c1cc(C(C)C)cs1. The Morgan fingerprint density at radius 3 is 2.77 bits per heavy atom. The summed E-state index contributed by atoms with van der Waals surface area (Å²) in [4.78, 5) is 12.0. The van der Waals surface area contributed by atoms with Gasteiger partial charge in [0.1, 0.15) is 4.88 Å². The zero-order valence-electron chi connectivity index (χ0n) is 8.16. The topological polar surface area (TPSA) is 26.3 Å². The second-order valence-corrected chi connectivity index (χ2v) is 4.03. The monoisotopic (exact) mass is 198 g/mol. The molecule has 0 aliphatic rings. The van der Waals surface area contributed by atoms with E-state index in [-0.39, 0.29) is 5.97 Å². The Morgan fingerprint density at radius 1 is 1.62 bits per heavy atom. The standard InChI is InChI=1S/C10H14O2S/c1-4-12-10(11)9-5-8(6-13-9)7(2)3/h5-7H,4H2,1-3H3. The molecule has 0 aromatic carbocycles. The van der Waals surface area contributed by atoms with E-state index >= 15 is 0 Å². The van der Waals surface area contributed by atoms with Crippen LogP contribution < -0.4 is 0 Å². The van der Waals surface area contributed by atoms with Crippen molar-refractivity contribution in [3.8, 4) is 0 Å². The Labute approximate surface area is 82.5 Å². The van der Waals surface area contributed by atoms with Crippen LogP contribution in [-0.2, 0) is 4.74 Å². The smallest absolute Gasteiger partial charge is 0.348 e. The molecular formula is C10H14O2S. The van der Waals surface area contributed by atoms with Crippen molar-refractivity contribution in [1.29, 1.82) is 0 Å². The van der Waals surface area contributed by atoms with Crippen molar-refractivity contribution in [1.82, 2.24) is 0 Å². The maximum atomic E-state index is 11.3. The molecule has 0 bridgehead atoms. The lowest BCUT2D eigenvalue weighted by molar-refractivity contribution is 0.0532. The van der Waals surface area contributed by atoms with E-state index in [0.29, 0.717) is 17.4 Å². The first kappa shape index (κ1) is 10.3. The zero-order valence-corrected chi connectivity index (χ0v) is 8.98. The van der Waals surface area contributed by atoms with Crippen LogP contribution in [0.4, 0.5) is 0 Å². The van der Waals surface area contributed by atoms with Crippen molar-refractivity contribution >= 4 is 17.3 Å². The van der Waals surface area contributed by atoms with Gasteiger partial charge in [-0.15, -0.1) is 11.3 Å². The highest BCUT2D eigenvalue weighted by Gasteiger charge is 2.10. The van der Waals surface area contributed by atoms with Gasteiger partial charge in [0, 0.05) is 0 Å². The van der Waals surface area contributed by atoms with Crippen molar-refractivity contribution in [3.63, 3.8) is 0 Å². The van der Waals surface area contributed by atoms with Crippen LogP contribution in [0.25, 0.3) is 0 Å². The largest absolute Gasteiger partial charge is 0.462 e. The molecule has 0 aliphatic heterocycles. The molecule has 0 atom stereocenters. The molecule has 3 heteroatoms. The van der Waals surface area contributed by atoms with Crippen LogP contribution in [0.15, 0.2) is 11.4 Å². The lowest BCUT2D eigenvalue weighted by atomic mass is 10.1. The molecule has 1 aromatic rings. The van der Waals surface area contributed by atoms with E-state index in [1.165, 1.54) is 16.9 Å². The van der Waals surface area contributed by atoms with Gasteiger partial charge in [0.25, 0.3) is 0 Å². The zero-order chi connectivity index (χ0) is 9.84. The van der Waals surface area contributed by atoms with Crippen molar-refractivity contribution in [2.75, 3.05) is 6.61 Å². The van der Waals surface area contributed by atoms with Gasteiger partial charge in [-0.1, -0.05) is 13.8 Å². The van der Waals surface area contributed by atoms with Gasteiger partial charge in [0.2, 0.25) is 0 Å². The van der Waals surface area contributed by atoms with Crippen LogP contribution in [0.1, 0.15) is 41.9 Å². The Balaban J connectivity index is 2.73. The summed E-state index contributed by atoms with van der Waals surface area (Å²) in [5.74, 6) is 0.263. The van der Waals surface area contributed by atoms with Gasteiger partial charge in [0.05, 0.1) is 6.61 Å². The number of ether oxygens (including phenoxy) is 1. The number of hydrogen-bond acceptors (Lipinski definition) is 3. The summed E-state index contributed by atoms with van der Waals surface area (Å²) in [6.07, 6.45) is 0. The van der Waals surface area contributed by atoms with Crippen LogP contribution in [0, 0.1) is 0 Å². The maximum Gasteiger partial charge on any atom is 0.348 e. The van der Waals surface area contributed by atoms with Crippen molar-refractivity contribution in [2.24, 2.45) is 0 Å². The number of rotatable bonds is 3. The molecule has 0 radical (unpaired) electrons. The van der Waals surface area contributed by atoms with E-state index in [1.54, 1.807) is 0 Å². The molecule has 1 heterocycles. The molecule has 0 saturated heterocycles. The fourth-order valence-electron chi connectivity index (χ4n) is 0.963. The summed E-state index contributed by atoms with van der Waals surface area (Å²) in [5, 5.41) is 2.01. The average Bonchev–Trinajstić information content (AvgIpc) is 2.52. The van der Waals surface area contributed by atoms with E-state index in [4.69, 9.17) is 4.74 Å². The highest BCUT2D eigenvalue weighted by atomic mass is 32.1. The molecule has 13 heavy (non-hydrogen) atoms. The molecule has 0 amide bonds. The first-order valence-corrected chi connectivity index (χ1v) is 5.28. The second-order valence-electron chi connectivity index (χ2n) is 3.12. The Hall–Kier alpha value is -0.830. The van der Waals surface area contributed by atoms with E-state index in [0.717, 1.165) is 0 Å². The summed E-state index contributed by atoms with van der Waals surface area (Å²) < 4.78 is 4.89. The van der Waals surface area contributed by atoms with Crippen molar-refractivity contribution in [2.45, 2.75) is 26.7 Å².